The maximum absolute atomic E-state index is 13.5. The summed E-state index contributed by atoms with van der Waals surface area (Å²) in [7, 11) is 1.38. The van der Waals surface area contributed by atoms with Gasteiger partial charge in [0.15, 0.2) is 5.60 Å². The molecule has 0 radical (unpaired) electrons. The Morgan fingerprint density at radius 2 is 1.53 bits per heavy atom. The predicted molar refractivity (Wildman–Crippen MR) is 179 cm³/mol. The number of aliphatic carboxylic acids is 2. The van der Waals surface area contributed by atoms with E-state index in [1.54, 1.807) is 31.2 Å². The summed E-state index contributed by atoms with van der Waals surface area (Å²) in [5.74, 6) is -0.500. The van der Waals surface area contributed by atoms with Crippen molar-refractivity contribution >= 4 is 29.5 Å². The van der Waals surface area contributed by atoms with Crippen molar-refractivity contribution in [2.75, 3.05) is 13.7 Å². The van der Waals surface area contributed by atoms with Crippen LogP contribution in [-0.4, -0.2) is 70.2 Å². The van der Waals surface area contributed by atoms with Gasteiger partial charge in [-0.15, -0.1) is 5.92 Å². The molecule has 0 saturated carbocycles. The Bertz CT molecular complexity index is 1230. The number of allylic oxidation sites excluding steroid dienone is 1. The summed E-state index contributed by atoms with van der Waals surface area (Å²) in [5.41, 5.74) is -2.30. The van der Waals surface area contributed by atoms with E-state index in [0.29, 0.717) is 37.0 Å². The number of carbonyl (C=O) groups is 5. The van der Waals surface area contributed by atoms with E-state index in [1.165, 1.54) is 32.0 Å². The van der Waals surface area contributed by atoms with Gasteiger partial charge in [0, 0.05) is 26.3 Å². The number of likely N-dealkylation sites (N-methyl/N-ethyl adjacent to an activating group) is 1. The van der Waals surface area contributed by atoms with E-state index in [4.69, 9.17) is 4.74 Å². The molecule has 260 valence electrons. The number of carbonyl (C=O) groups excluding carboxylic acids is 3. The smallest absolute Gasteiger partial charge is 0.337 e. The quantitative estimate of drug-likeness (QED) is 0.0571. The Morgan fingerprint density at radius 3 is 2.09 bits per heavy atom. The molecule has 0 spiro atoms. The van der Waals surface area contributed by atoms with Crippen LogP contribution in [0.4, 0.5) is 0 Å². The zero-order valence-corrected chi connectivity index (χ0v) is 28.0. The molecule has 0 saturated heterocycles. The summed E-state index contributed by atoms with van der Waals surface area (Å²) in [4.78, 5) is 61.9. The molecule has 3 atom stereocenters. The molecule has 0 aromatic heterocycles. The minimum absolute atomic E-state index is 0.0304. The van der Waals surface area contributed by atoms with Crippen LogP contribution in [0.15, 0.2) is 36.4 Å². The van der Waals surface area contributed by atoms with Crippen molar-refractivity contribution in [1.82, 2.24) is 10.6 Å². The molecule has 0 heterocycles. The number of amides is 2. The highest BCUT2D eigenvalue weighted by Gasteiger charge is 2.49. The van der Waals surface area contributed by atoms with Crippen LogP contribution >= 0.6 is 0 Å². The van der Waals surface area contributed by atoms with Crippen LogP contribution in [-0.2, 0) is 30.4 Å². The van der Waals surface area contributed by atoms with Crippen LogP contribution in [0.2, 0.25) is 0 Å². The van der Waals surface area contributed by atoms with E-state index in [9.17, 15) is 39.3 Å². The van der Waals surface area contributed by atoms with E-state index in [0.717, 1.165) is 38.5 Å². The molecule has 5 N–H and O–H groups in total. The fourth-order valence-electron chi connectivity index (χ4n) is 5.03. The molecular weight excluding hydrogens is 604 g/mol. The van der Waals surface area contributed by atoms with Crippen LogP contribution in [0.1, 0.15) is 103 Å². The van der Waals surface area contributed by atoms with Crippen molar-refractivity contribution in [1.29, 1.82) is 0 Å². The molecule has 0 aliphatic heterocycles. The fourth-order valence-corrected chi connectivity index (χ4v) is 5.03. The lowest BCUT2D eigenvalue weighted by Gasteiger charge is -2.30. The molecule has 1 rings (SSSR count). The molecule has 0 fully saturated rings. The maximum atomic E-state index is 13.5. The zero-order chi connectivity index (χ0) is 35.1. The van der Waals surface area contributed by atoms with Gasteiger partial charge in [-0.1, -0.05) is 75.7 Å². The van der Waals surface area contributed by atoms with Gasteiger partial charge in [0.1, 0.15) is 24.2 Å². The molecule has 0 aliphatic carbocycles. The van der Waals surface area contributed by atoms with E-state index < -0.39 is 47.7 Å². The van der Waals surface area contributed by atoms with Crippen molar-refractivity contribution in [2.45, 2.75) is 115 Å². The number of hydrogen-bond donors (Lipinski definition) is 5. The van der Waals surface area contributed by atoms with Crippen LogP contribution in [0.3, 0.4) is 0 Å². The number of Topliss-reactive ketones (excluding diaryl/α,β-unsaturated/α-hetero) is 1. The number of carboxylic acid groups (broad SMARTS) is 2. The highest BCUT2D eigenvalue weighted by atomic mass is 16.5. The van der Waals surface area contributed by atoms with Crippen LogP contribution in [0, 0.1) is 17.8 Å². The number of benzene rings is 1. The summed E-state index contributed by atoms with van der Waals surface area (Å²) < 4.78 is 5.49. The van der Waals surface area contributed by atoms with Gasteiger partial charge in [0.25, 0.3) is 0 Å². The van der Waals surface area contributed by atoms with Crippen molar-refractivity contribution in [3.8, 4) is 17.6 Å². The molecule has 2 amide bonds. The third-order valence-electron chi connectivity index (χ3n) is 7.78. The van der Waals surface area contributed by atoms with E-state index in [1.807, 2.05) is 0 Å². The first-order chi connectivity index (χ1) is 22.5. The largest absolute Gasteiger partial charge is 0.481 e. The van der Waals surface area contributed by atoms with Gasteiger partial charge in [-0.25, -0.2) is 4.79 Å². The molecule has 47 heavy (non-hydrogen) atoms. The van der Waals surface area contributed by atoms with E-state index in [2.05, 4.69) is 29.4 Å². The highest BCUT2D eigenvalue weighted by Crippen LogP contribution is 2.26. The van der Waals surface area contributed by atoms with Crippen molar-refractivity contribution in [2.24, 2.45) is 5.92 Å². The molecule has 0 unspecified atom stereocenters. The van der Waals surface area contributed by atoms with Crippen LogP contribution in [0.5, 0.6) is 5.75 Å². The Morgan fingerprint density at radius 1 is 0.915 bits per heavy atom. The number of carboxylic acids is 2. The summed E-state index contributed by atoms with van der Waals surface area (Å²) in [6, 6.07) is 5.63. The number of hydrogen-bond acceptors (Lipinski definition) is 7. The molecule has 11 heteroatoms. The first-order valence-electron chi connectivity index (χ1n) is 16.5. The monoisotopic (exact) mass is 656 g/mol. The van der Waals surface area contributed by atoms with Gasteiger partial charge in [0.2, 0.25) is 11.8 Å². The van der Waals surface area contributed by atoms with E-state index in [-0.39, 0.29) is 18.8 Å². The summed E-state index contributed by atoms with van der Waals surface area (Å²) >= 11 is 0. The number of rotatable bonds is 25. The average Bonchev–Trinajstić information content (AvgIpc) is 3.03. The minimum Gasteiger partial charge on any atom is -0.481 e. The predicted octanol–water partition coefficient (Wildman–Crippen LogP) is 4.60. The molecule has 1 aromatic rings. The highest BCUT2D eigenvalue weighted by molar-refractivity contribution is 5.95. The second-order valence-electron chi connectivity index (χ2n) is 11.6. The van der Waals surface area contributed by atoms with Gasteiger partial charge in [-0.05, 0) is 50.3 Å². The lowest BCUT2D eigenvalue weighted by Crippen LogP contribution is -2.56. The van der Waals surface area contributed by atoms with Crippen LogP contribution < -0.4 is 15.4 Å². The summed E-state index contributed by atoms with van der Waals surface area (Å²) in [6.45, 7) is 4.07. The normalized spacial score (nSPS) is 13.4. The lowest BCUT2D eigenvalue weighted by molar-refractivity contribution is -0.172. The first kappa shape index (κ1) is 40.9. The Labute approximate surface area is 278 Å². The molecule has 0 aliphatic rings. The molecule has 1 aromatic carbocycles. The maximum Gasteiger partial charge on any atom is 0.337 e. The van der Waals surface area contributed by atoms with Gasteiger partial charge in [0.05, 0.1) is 12.3 Å². The van der Waals surface area contributed by atoms with Gasteiger partial charge in [-0.2, -0.15) is 0 Å². The van der Waals surface area contributed by atoms with Gasteiger partial charge >= 0.3 is 11.9 Å². The Hall–Kier alpha value is -4.17. The summed E-state index contributed by atoms with van der Waals surface area (Å²) in [6.07, 6.45) is 11.8. The number of nitrogens with one attached hydrogen (secondary N) is 2. The third kappa shape index (κ3) is 16.3. The lowest BCUT2D eigenvalue weighted by atomic mass is 9.82. The first-order valence-corrected chi connectivity index (χ1v) is 16.5. The average molecular weight is 657 g/mol. The SMILES string of the molecule is CC#CCOc1ccc(C[C@H](NC(=O)[C@@H](C=CCCCCCCC(=O)CCCCCCC)[C@@](O)(CC(=O)O)C(=O)O)C(=O)NC)cc1. The number of aliphatic hydroxyl groups is 1. The molecule has 0 bridgehead atoms. The zero-order valence-electron chi connectivity index (χ0n) is 28.0. The minimum atomic E-state index is -2.96. The third-order valence-corrected chi connectivity index (χ3v) is 7.78. The summed E-state index contributed by atoms with van der Waals surface area (Å²) in [5, 5.41) is 35.1. The molecular formula is C36H52N2O9. The van der Waals surface area contributed by atoms with Crippen molar-refractivity contribution in [3.63, 3.8) is 0 Å². The topological polar surface area (TPSA) is 179 Å². The van der Waals surface area contributed by atoms with Gasteiger partial charge in [-0.3, -0.25) is 19.2 Å². The Balaban J connectivity index is 2.89. The number of unbranched alkanes of at least 4 members (excludes halogenated alkanes) is 8. The Kier molecular flexibility index (Phi) is 20.2. The number of ether oxygens (including phenoxy) is 1. The second-order valence-corrected chi connectivity index (χ2v) is 11.6. The molecule has 11 nitrogen and oxygen atoms in total. The van der Waals surface area contributed by atoms with Crippen molar-refractivity contribution < 1.29 is 44.0 Å². The second kappa shape index (κ2) is 23.2. The van der Waals surface area contributed by atoms with E-state index >= 15 is 0 Å². The van der Waals surface area contributed by atoms with Gasteiger partial charge < -0.3 is 30.7 Å². The van der Waals surface area contributed by atoms with Crippen molar-refractivity contribution in [3.05, 3.63) is 42.0 Å². The van der Waals surface area contributed by atoms with Crippen LogP contribution in [0.25, 0.3) is 0 Å². The number of ketones is 1. The standard InChI is InChI=1S/C36H52N2O9/c1-4-6-8-11-14-17-28(39)18-15-12-9-10-13-16-19-30(36(46,35(44)45)26-32(40)41)33(42)38-31(34(43)37-3)25-27-20-22-29(23-21-27)47-24-7-5-2/h16,19-23,30-31,46H,4,6,8-15,17-18,24-26H2,1-3H3,(H,37,43)(H,38,42)(H,40,41)(H,44,45)/t30-,31+,36+/m1/s1. The fraction of sp³-hybridized carbons (Fsp3) is 0.583.